The van der Waals surface area contributed by atoms with Crippen molar-refractivity contribution in [3.8, 4) is 0 Å². The average Bonchev–Trinajstić information content (AvgIpc) is 2.70. The van der Waals surface area contributed by atoms with Gasteiger partial charge in [0, 0.05) is 0 Å². The molecule has 0 amide bonds. The number of unbranched alkanes of at least 4 members (excludes halogenated alkanes) is 1. The van der Waals surface area contributed by atoms with Crippen LogP contribution in [0.15, 0.2) is 91.0 Å². The Hall–Kier alpha value is -1.66. The number of hydrogen-bond acceptors (Lipinski definition) is 1. The fourth-order valence-corrected chi connectivity index (χ4v) is 8.07. The smallest absolute Gasteiger partial charge is 0.147 e. The van der Waals surface area contributed by atoms with Gasteiger partial charge in [0.1, 0.15) is 0 Å². The largest absolute Gasteiger partial charge is 0.147 e. The summed E-state index contributed by atoms with van der Waals surface area (Å²) in [5.74, 6) is 0. The van der Waals surface area contributed by atoms with Gasteiger partial charge in [-0.1, -0.05) is 0 Å². The first-order valence-electron chi connectivity index (χ1n) is 9.03. The molecule has 0 bridgehead atoms. The van der Waals surface area contributed by atoms with Crippen molar-refractivity contribution in [3.63, 3.8) is 0 Å². The van der Waals surface area contributed by atoms with Crippen LogP contribution >= 0.6 is 19.2 Å². The van der Waals surface area contributed by atoms with E-state index in [1.54, 1.807) is 0 Å². The molecule has 0 saturated heterocycles. The van der Waals surface area contributed by atoms with Gasteiger partial charge in [0.2, 0.25) is 0 Å². The van der Waals surface area contributed by atoms with Crippen molar-refractivity contribution < 1.29 is 4.52 Å². The molecule has 0 aliphatic carbocycles. The minimum Gasteiger partial charge on any atom is -0.147 e. The Balaban J connectivity index is 0.00000243. The van der Waals surface area contributed by atoms with Crippen LogP contribution in [0.4, 0.5) is 0 Å². The third-order valence-electron chi connectivity index (χ3n) is 5.05. The van der Waals surface area contributed by atoms with E-state index in [0.717, 1.165) is 19.4 Å². The maximum Gasteiger partial charge on any atom is -0.147 e. The SMILES string of the molecule is CCCCOP(C)(c1ccccc1)(c1ccccc1)c1ccccc1.Cl. The van der Waals surface area contributed by atoms with Crippen molar-refractivity contribution in [2.75, 3.05) is 13.3 Å². The summed E-state index contributed by atoms with van der Waals surface area (Å²) in [5.41, 5.74) is 0. The van der Waals surface area contributed by atoms with Gasteiger partial charge in [-0.25, -0.2) is 0 Å². The Morgan fingerprint density at radius 1 is 0.654 bits per heavy atom. The predicted octanol–water partition coefficient (Wildman–Crippen LogP) is 5.30. The van der Waals surface area contributed by atoms with Crippen molar-refractivity contribution in [1.82, 2.24) is 0 Å². The minimum absolute atomic E-state index is 0. The standard InChI is InChI=1S/C23H27OP.ClH/c1-3-4-20-24-25(2,21-14-8-5-9-15-21,22-16-10-6-11-17-22)23-18-12-7-13-19-23;/h5-19H,3-4,20H2,1-2H3;1H. The van der Waals surface area contributed by atoms with E-state index < -0.39 is 6.83 Å². The van der Waals surface area contributed by atoms with E-state index >= 15 is 0 Å². The summed E-state index contributed by atoms with van der Waals surface area (Å²) in [5, 5.41) is 3.84. The van der Waals surface area contributed by atoms with Crippen molar-refractivity contribution in [2.45, 2.75) is 19.8 Å². The number of hydrogen-bond donors (Lipinski definition) is 0. The quantitative estimate of drug-likeness (QED) is 0.395. The first kappa shape index (κ1) is 20.6. The Labute approximate surface area is 163 Å². The molecule has 0 heterocycles. The summed E-state index contributed by atoms with van der Waals surface area (Å²) in [6.07, 6.45) is 2.20. The first-order chi connectivity index (χ1) is 12.2. The van der Waals surface area contributed by atoms with E-state index in [9.17, 15) is 0 Å². The first-order valence-corrected chi connectivity index (χ1v) is 11.6. The summed E-state index contributed by atoms with van der Waals surface area (Å²) in [4.78, 5) is 0. The second-order valence-electron chi connectivity index (χ2n) is 6.66. The molecule has 3 rings (SSSR count). The van der Waals surface area contributed by atoms with E-state index in [1.165, 1.54) is 15.9 Å². The number of halogens is 1. The van der Waals surface area contributed by atoms with Gasteiger partial charge in [-0.3, -0.25) is 0 Å². The molecule has 3 aromatic carbocycles. The molecule has 0 fully saturated rings. The molecule has 0 aliphatic heterocycles. The maximum absolute atomic E-state index is 6.95. The molecule has 3 aromatic rings. The van der Waals surface area contributed by atoms with Gasteiger partial charge in [-0.05, 0) is 0 Å². The fraction of sp³-hybridized carbons (Fsp3) is 0.217. The second-order valence-corrected chi connectivity index (χ2v) is 11.4. The van der Waals surface area contributed by atoms with E-state index in [0.29, 0.717) is 0 Å². The molecule has 0 spiro atoms. The van der Waals surface area contributed by atoms with Crippen LogP contribution in [-0.4, -0.2) is 13.3 Å². The van der Waals surface area contributed by atoms with Crippen LogP contribution in [0.2, 0.25) is 0 Å². The zero-order chi connectivity index (χ0) is 17.6. The number of rotatable bonds is 7. The van der Waals surface area contributed by atoms with Crippen LogP contribution in [0, 0.1) is 0 Å². The van der Waals surface area contributed by atoms with Gasteiger partial charge < -0.3 is 0 Å². The topological polar surface area (TPSA) is 9.23 Å². The van der Waals surface area contributed by atoms with Crippen molar-refractivity contribution >= 4 is 35.2 Å². The van der Waals surface area contributed by atoms with Gasteiger partial charge in [-0.15, -0.1) is 12.4 Å². The molecule has 26 heavy (non-hydrogen) atoms. The van der Waals surface area contributed by atoms with Gasteiger partial charge in [0.15, 0.2) is 0 Å². The third kappa shape index (κ3) is 3.58. The molecule has 3 heteroatoms. The Morgan fingerprint density at radius 3 is 1.31 bits per heavy atom. The van der Waals surface area contributed by atoms with Gasteiger partial charge >= 0.3 is 151 Å². The number of benzene rings is 3. The van der Waals surface area contributed by atoms with Crippen LogP contribution in [0.5, 0.6) is 0 Å². The van der Waals surface area contributed by atoms with Crippen molar-refractivity contribution in [3.05, 3.63) is 91.0 Å². The summed E-state index contributed by atoms with van der Waals surface area (Å²) < 4.78 is 6.95. The molecule has 0 N–H and O–H groups in total. The van der Waals surface area contributed by atoms with Crippen LogP contribution in [-0.2, 0) is 4.52 Å². The zero-order valence-electron chi connectivity index (χ0n) is 15.5. The molecule has 0 unspecified atom stereocenters. The van der Waals surface area contributed by atoms with Crippen LogP contribution in [0.1, 0.15) is 19.8 Å². The van der Waals surface area contributed by atoms with Gasteiger partial charge in [0.25, 0.3) is 0 Å². The predicted molar refractivity (Wildman–Crippen MR) is 119 cm³/mol. The monoisotopic (exact) mass is 386 g/mol. The van der Waals surface area contributed by atoms with Gasteiger partial charge in [-0.2, -0.15) is 0 Å². The minimum atomic E-state index is -2.97. The average molecular weight is 387 g/mol. The van der Waals surface area contributed by atoms with E-state index in [-0.39, 0.29) is 12.4 Å². The molecule has 0 atom stereocenters. The molecule has 138 valence electrons. The summed E-state index contributed by atoms with van der Waals surface area (Å²) in [6, 6.07) is 32.3. The normalized spacial score (nSPS) is 12.6. The Morgan fingerprint density at radius 2 is 1.00 bits per heavy atom. The van der Waals surface area contributed by atoms with Crippen LogP contribution in [0.25, 0.3) is 0 Å². The summed E-state index contributed by atoms with van der Waals surface area (Å²) in [6.45, 7) is 2.36. The zero-order valence-corrected chi connectivity index (χ0v) is 17.3. The molecular formula is C23H28ClOP. The van der Waals surface area contributed by atoms with Crippen LogP contribution < -0.4 is 15.9 Å². The fourth-order valence-electron chi connectivity index (χ4n) is 3.47. The Kier molecular flexibility index (Phi) is 7.01. The molecular weight excluding hydrogens is 359 g/mol. The molecule has 0 saturated carbocycles. The van der Waals surface area contributed by atoms with E-state index in [2.05, 4.69) is 105 Å². The van der Waals surface area contributed by atoms with Crippen molar-refractivity contribution in [1.29, 1.82) is 0 Å². The second kappa shape index (κ2) is 8.82. The van der Waals surface area contributed by atoms with Gasteiger partial charge in [0.05, 0.1) is 0 Å². The van der Waals surface area contributed by atoms with Crippen LogP contribution in [0.3, 0.4) is 0 Å². The summed E-state index contributed by atoms with van der Waals surface area (Å²) >= 11 is 0. The maximum atomic E-state index is 6.95. The molecule has 0 aromatic heterocycles. The van der Waals surface area contributed by atoms with E-state index in [1.807, 2.05) is 0 Å². The summed E-state index contributed by atoms with van der Waals surface area (Å²) in [7, 11) is 0. The third-order valence-corrected chi connectivity index (χ3v) is 10.5. The van der Waals surface area contributed by atoms with E-state index in [4.69, 9.17) is 4.52 Å². The molecule has 0 aliphatic rings. The van der Waals surface area contributed by atoms with Crippen molar-refractivity contribution in [2.24, 2.45) is 0 Å². The molecule has 0 radical (unpaired) electrons. The Bertz CT molecular complexity index is 691. The molecule has 1 nitrogen and oxygen atoms in total.